The van der Waals surface area contributed by atoms with Crippen LogP contribution in [-0.4, -0.2) is 21.2 Å². The molecule has 3 aromatic rings. The van der Waals surface area contributed by atoms with E-state index in [2.05, 4.69) is 20.0 Å². The van der Waals surface area contributed by atoms with Gasteiger partial charge in [0.05, 0.1) is 5.69 Å². The van der Waals surface area contributed by atoms with E-state index < -0.39 is 11.8 Å². The smallest absolute Gasteiger partial charge is 0.307 e. The van der Waals surface area contributed by atoms with Gasteiger partial charge >= 0.3 is 6.03 Å². The fourth-order valence-corrected chi connectivity index (χ4v) is 4.05. The number of ketones is 1. The third kappa shape index (κ3) is 4.48. The lowest BCUT2D eigenvalue weighted by atomic mass is 9.95. The summed E-state index contributed by atoms with van der Waals surface area (Å²) in [5.74, 6) is -0.227. The Labute approximate surface area is 171 Å². The molecule has 8 heteroatoms. The zero-order valence-electron chi connectivity index (χ0n) is 15.5. The SMILES string of the molecule is O=C(Nc1nc(-c2ccccc2)ns1)Nc1ccc(F)cc1C(=O)C1CCCC1. The highest BCUT2D eigenvalue weighted by molar-refractivity contribution is 7.10. The maximum Gasteiger partial charge on any atom is 0.325 e. The quantitative estimate of drug-likeness (QED) is 0.555. The normalized spacial score (nSPS) is 14.0. The average molecular weight is 410 g/mol. The molecule has 1 heterocycles. The van der Waals surface area contributed by atoms with Crippen LogP contribution in [0.5, 0.6) is 0 Å². The largest absolute Gasteiger partial charge is 0.325 e. The first kappa shape index (κ1) is 19.2. The molecule has 1 saturated carbocycles. The van der Waals surface area contributed by atoms with Crippen molar-refractivity contribution in [2.45, 2.75) is 25.7 Å². The minimum atomic E-state index is -0.562. The number of rotatable bonds is 5. The molecule has 1 aliphatic rings. The van der Waals surface area contributed by atoms with Crippen LogP contribution in [-0.2, 0) is 0 Å². The second-order valence-electron chi connectivity index (χ2n) is 6.90. The lowest BCUT2D eigenvalue weighted by molar-refractivity contribution is 0.0923. The second-order valence-corrected chi connectivity index (χ2v) is 7.66. The monoisotopic (exact) mass is 410 g/mol. The predicted molar refractivity (Wildman–Crippen MR) is 111 cm³/mol. The zero-order chi connectivity index (χ0) is 20.2. The van der Waals surface area contributed by atoms with Crippen molar-refractivity contribution in [1.82, 2.24) is 9.36 Å². The first-order valence-electron chi connectivity index (χ1n) is 9.41. The maximum atomic E-state index is 13.7. The number of anilines is 2. The van der Waals surface area contributed by atoms with Crippen molar-refractivity contribution < 1.29 is 14.0 Å². The van der Waals surface area contributed by atoms with E-state index in [0.29, 0.717) is 11.0 Å². The Bertz CT molecular complexity index is 1030. The molecule has 2 amide bonds. The van der Waals surface area contributed by atoms with Gasteiger partial charge in [-0.1, -0.05) is 43.2 Å². The summed E-state index contributed by atoms with van der Waals surface area (Å²) in [6.07, 6.45) is 3.59. The van der Waals surface area contributed by atoms with E-state index in [4.69, 9.17) is 0 Å². The van der Waals surface area contributed by atoms with Crippen molar-refractivity contribution in [1.29, 1.82) is 0 Å². The number of halogens is 1. The lowest BCUT2D eigenvalue weighted by Gasteiger charge is -2.13. The molecule has 0 bridgehead atoms. The summed E-state index contributed by atoms with van der Waals surface area (Å²) < 4.78 is 18.0. The van der Waals surface area contributed by atoms with E-state index in [0.717, 1.165) is 42.8 Å². The molecule has 29 heavy (non-hydrogen) atoms. The van der Waals surface area contributed by atoms with Gasteiger partial charge in [0.1, 0.15) is 5.82 Å². The van der Waals surface area contributed by atoms with Crippen LogP contribution < -0.4 is 10.6 Å². The summed E-state index contributed by atoms with van der Waals surface area (Å²) in [4.78, 5) is 29.5. The van der Waals surface area contributed by atoms with E-state index in [9.17, 15) is 14.0 Å². The van der Waals surface area contributed by atoms with Crippen LogP contribution >= 0.6 is 11.5 Å². The molecule has 1 aliphatic carbocycles. The fourth-order valence-electron chi connectivity index (χ4n) is 3.47. The van der Waals surface area contributed by atoms with Gasteiger partial charge < -0.3 is 5.32 Å². The van der Waals surface area contributed by atoms with Crippen LogP contribution in [0.4, 0.5) is 20.0 Å². The first-order chi connectivity index (χ1) is 14.1. The molecule has 0 spiro atoms. The van der Waals surface area contributed by atoms with Gasteiger partial charge in [-0.05, 0) is 31.0 Å². The number of nitrogens with zero attached hydrogens (tertiary/aromatic N) is 2. The predicted octanol–water partition coefficient (Wildman–Crippen LogP) is 5.36. The van der Waals surface area contributed by atoms with Crippen LogP contribution in [0.25, 0.3) is 11.4 Å². The molecule has 4 rings (SSSR count). The number of amides is 2. The fraction of sp³-hybridized carbons (Fsp3) is 0.238. The summed E-state index contributed by atoms with van der Waals surface area (Å²) in [5, 5.41) is 5.59. The Balaban J connectivity index is 1.47. The maximum absolute atomic E-state index is 13.7. The van der Waals surface area contributed by atoms with Crippen LogP contribution in [0.15, 0.2) is 48.5 Å². The van der Waals surface area contributed by atoms with Crippen molar-refractivity contribution >= 4 is 34.2 Å². The Morgan fingerprint density at radius 3 is 2.55 bits per heavy atom. The van der Waals surface area contributed by atoms with Crippen LogP contribution in [0.1, 0.15) is 36.0 Å². The highest BCUT2D eigenvalue weighted by Gasteiger charge is 2.26. The Kier molecular flexibility index (Phi) is 5.62. The standard InChI is InChI=1S/C21H19FN4O2S/c22-15-10-11-17(16(12-15)18(27)13-6-4-5-7-13)23-20(28)25-21-24-19(26-29-21)14-8-2-1-3-9-14/h1-3,8-13H,4-7H2,(H2,23,24,25,26,28). The molecule has 0 saturated heterocycles. The molecule has 6 nitrogen and oxygen atoms in total. The number of hydrogen-bond acceptors (Lipinski definition) is 5. The molecular formula is C21H19FN4O2S. The summed E-state index contributed by atoms with van der Waals surface area (Å²) in [6.45, 7) is 0. The number of nitrogens with one attached hydrogen (secondary N) is 2. The number of Topliss-reactive ketones (excluding diaryl/α,β-unsaturated/α-hetero) is 1. The minimum Gasteiger partial charge on any atom is -0.307 e. The van der Waals surface area contributed by atoms with Crippen molar-refractivity contribution in [2.75, 3.05) is 10.6 Å². The van der Waals surface area contributed by atoms with E-state index >= 15 is 0 Å². The number of carbonyl (C=O) groups is 2. The highest BCUT2D eigenvalue weighted by Crippen LogP contribution is 2.31. The highest BCUT2D eigenvalue weighted by atomic mass is 32.1. The summed E-state index contributed by atoms with van der Waals surface area (Å²) in [5.41, 5.74) is 1.34. The molecule has 0 unspecified atom stereocenters. The van der Waals surface area contributed by atoms with Gasteiger partial charge in [0.25, 0.3) is 0 Å². The number of carbonyl (C=O) groups excluding carboxylic acids is 2. The first-order valence-corrected chi connectivity index (χ1v) is 10.2. The van der Waals surface area contributed by atoms with E-state index in [1.54, 1.807) is 0 Å². The Morgan fingerprint density at radius 2 is 1.79 bits per heavy atom. The van der Waals surface area contributed by atoms with Gasteiger partial charge in [0.2, 0.25) is 5.13 Å². The summed E-state index contributed by atoms with van der Waals surface area (Å²) >= 11 is 1.06. The molecule has 148 valence electrons. The second kappa shape index (κ2) is 8.48. The van der Waals surface area contributed by atoms with Crippen molar-refractivity contribution in [2.24, 2.45) is 5.92 Å². The molecule has 0 atom stereocenters. The van der Waals surface area contributed by atoms with Crippen molar-refractivity contribution in [3.63, 3.8) is 0 Å². The minimum absolute atomic E-state index is 0.114. The van der Waals surface area contributed by atoms with Gasteiger partial charge in [-0.15, -0.1) is 0 Å². The number of aromatic nitrogens is 2. The van der Waals surface area contributed by atoms with Crippen LogP contribution in [0.3, 0.4) is 0 Å². The van der Waals surface area contributed by atoms with Gasteiger partial charge in [-0.25, -0.2) is 9.18 Å². The Hall–Kier alpha value is -3.13. The summed E-state index contributed by atoms with van der Waals surface area (Å²) in [6, 6.07) is 12.7. The van der Waals surface area contributed by atoms with E-state index in [-0.39, 0.29) is 23.0 Å². The van der Waals surface area contributed by atoms with Crippen LogP contribution in [0.2, 0.25) is 0 Å². The third-order valence-electron chi connectivity index (χ3n) is 4.90. The third-order valence-corrected chi connectivity index (χ3v) is 5.53. The molecule has 2 aromatic carbocycles. The Morgan fingerprint density at radius 1 is 1.03 bits per heavy atom. The summed E-state index contributed by atoms with van der Waals surface area (Å²) in [7, 11) is 0. The molecular weight excluding hydrogens is 391 g/mol. The molecule has 0 aliphatic heterocycles. The van der Waals surface area contributed by atoms with Gasteiger partial charge in [-0.2, -0.15) is 9.36 Å². The van der Waals surface area contributed by atoms with E-state index in [1.165, 1.54) is 18.2 Å². The zero-order valence-corrected chi connectivity index (χ0v) is 16.3. The topological polar surface area (TPSA) is 84.0 Å². The van der Waals surface area contributed by atoms with Crippen molar-refractivity contribution in [3.05, 3.63) is 59.9 Å². The molecule has 0 radical (unpaired) electrons. The van der Waals surface area contributed by atoms with Crippen molar-refractivity contribution in [3.8, 4) is 11.4 Å². The number of hydrogen-bond donors (Lipinski definition) is 2. The van der Waals surface area contributed by atoms with Gasteiger partial charge in [0, 0.05) is 28.6 Å². The number of urea groups is 1. The molecule has 1 aromatic heterocycles. The molecule has 2 N–H and O–H groups in total. The number of benzene rings is 2. The van der Waals surface area contributed by atoms with E-state index in [1.807, 2.05) is 30.3 Å². The average Bonchev–Trinajstić information content (AvgIpc) is 3.42. The van der Waals surface area contributed by atoms with Gasteiger partial charge in [0.15, 0.2) is 11.6 Å². The van der Waals surface area contributed by atoms with Crippen LogP contribution in [0, 0.1) is 11.7 Å². The van der Waals surface area contributed by atoms with Gasteiger partial charge in [-0.3, -0.25) is 10.1 Å². The lowest BCUT2D eigenvalue weighted by Crippen LogP contribution is -2.22. The molecule has 1 fully saturated rings.